The Bertz CT molecular complexity index is 1080. The van der Waals surface area contributed by atoms with Crippen molar-refractivity contribution in [2.24, 2.45) is 0 Å². The van der Waals surface area contributed by atoms with E-state index >= 15 is 0 Å². The van der Waals surface area contributed by atoms with Crippen LogP contribution in [0, 0.1) is 0 Å². The molecule has 180 valence electrons. The molecule has 0 unspecified atom stereocenters. The minimum absolute atomic E-state index is 0.316. The number of hydrogen-bond acceptors (Lipinski definition) is 4. The highest BCUT2D eigenvalue weighted by molar-refractivity contribution is 5.28. The van der Waals surface area contributed by atoms with Crippen LogP contribution in [0.3, 0.4) is 0 Å². The Kier molecular flexibility index (Phi) is 9.48. The maximum absolute atomic E-state index is 6.47. The first-order chi connectivity index (χ1) is 17.3. The molecule has 0 saturated heterocycles. The van der Waals surface area contributed by atoms with Gasteiger partial charge in [0.05, 0.1) is 32.7 Å². The van der Waals surface area contributed by atoms with E-state index in [-0.39, 0.29) is 18.3 Å². The van der Waals surface area contributed by atoms with Gasteiger partial charge in [0.1, 0.15) is 18.3 Å². The fourth-order valence-corrected chi connectivity index (χ4v) is 3.92. The summed E-state index contributed by atoms with van der Waals surface area (Å²) < 4.78 is 25.1. The van der Waals surface area contributed by atoms with E-state index in [9.17, 15) is 0 Å². The van der Waals surface area contributed by atoms with Crippen molar-refractivity contribution in [1.29, 1.82) is 0 Å². The van der Waals surface area contributed by atoms with Crippen molar-refractivity contribution in [3.8, 4) is 0 Å². The molecule has 35 heavy (non-hydrogen) atoms. The smallest absolute Gasteiger partial charge is 0.150 e. The lowest BCUT2D eigenvalue weighted by Gasteiger charge is -2.37. The molecular weight excluding hydrogens is 436 g/mol. The Morgan fingerprint density at radius 2 is 1.26 bits per heavy atom. The predicted octanol–water partition coefficient (Wildman–Crippen LogP) is 6.40. The largest absolute Gasteiger partial charge is 0.492 e. The second-order valence-corrected chi connectivity index (χ2v) is 8.37. The molecule has 0 aliphatic carbocycles. The number of allylic oxidation sites excluding steroid dienone is 2. The molecule has 0 spiro atoms. The van der Waals surface area contributed by atoms with Gasteiger partial charge in [-0.3, -0.25) is 0 Å². The summed E-state index contributed by atoms with van der Waals surface area (Å²) in [6, 6.07) is 30.4. The van der Waals surface area contributed by atoms with Gasteiger partial charge in [0.25, 0.3) is 0 Å². The van der Waals surface area contributed by atoms with Crippen molar-refractivity contribution in [2.75, 3.05) is 6.61 Å². The molecule has 0 saturated carbocycles. The van der Waals surface area contributed by atoms with Crippen LogP contribution in [0.1, 0.15) is 16.7 Å². The summed E-state index contributed by atoms with van der Waals surface area (Å²) in [7, 11) is 0. The molecule has 0 aromatic heterocycles. The molecule has 3 aromatic rings. The fourth-order valence-electron chi connectivity index (χ4n) is 3.92. The molecule has 3 aromatic carbocycles. The van der Waals surface area contributed by atoms with E-state index in [1.54, 1.807) is 12.3 Å². The summed E-state index contributed by atoms with van der Waals surface area (Å²) >= 11 is 0. The zero-order valence-corrected chi connectivity index (χ0v) is 19.9. The molecule has 4 rings (SSSR count). The first-order valence-corrected chi connectivity index (χ1v) is 11.9. The number of hydrogen-bond donors (Lipinski definition) is 0. The average Bonchev–Trinajstić information content (AvgIpc) is 2.92. The molecule has 1 aliphatic heterocycles. The van der Waals surface area contributed by atoms with Gasteiger partial charge in [-0.25, -0.2) is 0 Å². The third-order valence-corrected chi connectivity index (χ3v) is 5.75. The van der Waals surface area contributed by atoms with E-state index in [1.807, 2.05) is 66.7 Å². The van der Waals surface area contributed by atoms with Crippen molar-refractivity contribution >= 4 is 0 Å². The van der Waals surface area contributed by atoms with Gasteiger partial charge in [-0.05, 0) is 16.7 Å². The molecule has 3 atom stereocenters. The molecule has 0 radical (unpaired) electrons. The molecular formula is C31H32O4. The summed E-state index contributed by atoms with van der Waals surface area (Å²) in [6.45, 7) is 5.61. The van der Waals surface area contributed by atoms with Gasteiger partial charge in [-0.1, -0.05) is 116 Å². The van der Waals surface area contributed by atoms with E-state index in [0.29, 0.717) is 26.4 Å². The summed E-state index contributed by atoms with van der Waals surface area (Å²) in [5, 5.41) is 0. The normalized spacial score (nSPS) is 19.8. The quantitative estimate of drug-likeness (QED) is 0.288. The zero-order chi connectivity index (χ0) is 24.1. The van der Waals surface area contributed by atoms with Gasteiger partial charge in [0.2, 0.25) is 0 Å². The molecule has 1 aliphatic rings. The van der Waals surface area contributed by atoms with Crippen LogP contribution in [0.15, 0.2) is 128 Å². The van der Waals surface area contributed by atoms with E-state index < -0.39 is 0 Å². The van der Waals surface area contributed by atoms with Gasteiger partial charge in [0.15, 0.2) is 0 Å². The number of rotatable bonds is 12. The first kappa shape index (κ1) is 24.7. The van der Waals surface area contributed by atoms with Gasteiger partial charge < -0.3 is 18.9 Å². The monoisotopic (exact) mass is 468 g/mol. The molecule has 4 heteroatoms. The van der Waals surface area contributed by atoms with Crippen LogP contribution >= 0.6 is 0 Å². The van der Waals surface area contributed by atoms with E-state index in [1.165, 1.54) is 0 Å². The molecule has 1 heterocycles. The second-order valence-electron chi connectivity index (χ2n) is 8.37. The number of ether oxygens (including phenoxy) is 4. The Morgan fingerprint density at radius 1 is 0.714 bits per heavy atom. The average molecular weight is 469 g/mol. The van der Waals surface area contributed by atoms with Crippen LogP contribution in [0.5, 0.6) is 0 Å². The van der Waals surface area contributed by atoms with Crippen LogP contribution in [0.4, 0.5) is 0 Å². The topological polar surface area (TPSA) is 36.9 Å². The van der Waals surface area contributed by atoms with Gasteiger partial charge in [-0.2, -0.15) is 0 Å². The minimum Gasteiger partial charge on any atom is -0.492 e. The molecule has 0 fully saturated rings. The Morgan fingerprint density at radius 3 is 1.83 bits per heavy atom. The lowest BCUT2D eigenvalue weighted by Crippen LogP contribution is -2.47. The lowest BCUT2D eigenvalue weighted by atomic mass is 9.97. The summed E-state index contributed by atoms with van der Waals surface area (Å²) in [4.78, 5) is 0. The first-order valence-electron chi connectivity index (χ1n) is 11.9. The SMILES string of the molecule is C=C/C=C\C1=CO[C@H](COCc2ccccc2)[C@@H](OCc2ccccc2)[C@@H]1OCc1ccccc1. The minimum atomic E-state index is -0.357. The highest BCUT2D eigenvalue weighted by Crippen LogP contribution is 2.28. The van der Waals surface area contributed by atoms with Gasteiger partial charge in [0, 0.05) is 5.57 Å². The lowest BCUT2D eigenvalue weighted by molar-refractivity contribution is -0.150. The number of benzene rings is 3. The van der Waals surface area contributed by atoms with Crippen molar-refractivity contribution in [2.45, 2.75) is 38.1 Å². The van der Waals surface area contributed by atoms with Crippen LogP contribution in [-0.2, 0) is 38.8 Å². The maximum atomic E-state index is 6.47. The summed E-state index contributed by atoms with van der Waals surface area (Å²) in [5.41, 5.74) is 4.21. The van der Waals surface area contributed by atoms with Gasteiger partial charge in [-0.15, -0.1) is 0 Å². The van der Waals surface area contributed by atoms with E-state index in [2.05, 4.69) is 43.0 Å². The third-order valence-electron chi connectivity index (χ3n) is 5.75. The predicted molar refractivity (Wildman–Crippen MR) is 138 cm³/mol. The zero-order valence-electron chi connectivity index (χ0n) is 19.9. The van der Waals surface area contributed by atoms with Crippen molar-refractivity contribution in [3.05, 3.63) is 144 Å². The van der Waals surface area contributed by atoms with Crippen molar-refractivity contribution in [3.63, 3.8) is 0 Å². The second kappa shape index (κ2) is 13.4. The molecule has 0 amide bonds. The Hall–Kier alpha value is -3.44. The van der Waals surface area contributed by atoms with Crippen LogP contribution in [0.25, 0.3) is 0 Å². The van der Waals surface area contributed by atoms with E-state index in [0.717, 1.165) is 22.3 Å². The summed E-state index contributed by atoms with van der Waals surface area (Å²) in [5.74, 6) is 0. The maximum Gasteiger partial charge on any atom is 0.150 e. The van der Waals surface area contributed by atoms with E-state index in [4.69, 9.17) is 18.9 Å². The highest BCUT2D eigenvalue weighted by Gasteiger charge is 2.38. The molecule has 0 bridgehead atoms. The standard InChI is InChI=1S/C31H32O4/c1-2-3-19-28-23-33-29(24-32-20-25-13-7-4-8-14-25)31(35-22-27-17-11-6-12-18-27)30(28)34-21-26-15-9-5-10-16-26/h2-19,23,29-31H,1,20-22,24H2/b19-3-/t29-,30-,31-/m1/s1. The third kappa shape index (κ3) is 7.52. The Balaban J connectivity index is 1.52. The van der Waals surface area contributed by atoms with Crippen molar-refractivity contribution in [1.82, 2.24) is 0 Å². The van der Waals surface area contributed by atoms with Crippen LogP contribution in [0.2, 0.25) is 0 Å². The van der Waals surface area contributed by atoms with Crippen molar-refractivity contribution < 1.29 is 18.9 Å². The van der Waals surface area contributed by atoms with Crippen LogP contribution in [-0.4, -0.2) is 24.9 Å². The fraction of sp³-hybridized carbons (Fsp3) is 0.226. The summed E-state index contributed by atoms with van der Waals surface area (Å²) in [6.07, 6.45) is 6.35. The Labute approximate surface area is 208 Å². The molecule has 4 nitrogen and oxygen atoms in total. The van der Waals surface area contributed by atoms with Gasteiger partial charge >= 0.3 is 0 Å². The van der Waals surface area contributed by atoms with Crippen LogP contribution < -0.4 is 0 Å². The highest BCUT2D eigenvalue weighted by atomic mass is 16.6. The molecule has 0 N–H and O–H groups in total.